The molecule has 0 amide bonds. The first-order valence-electron chi connectivity index (χ1n) is 0. The topological polar surface area (TPSA) is 0 Å². The van der Waals surface area contributed by atoms with Crippen molar-refractivity contribution < 1.29 is 1160 Å². The molecular formula is W55. The maximum absolute atomic E-state index is 0. The van der Waals surface area contributed by atoms with Crippen LogP contribution in [0.15, 0.2) is 0 Å². The van der Waals surface area contributed by atoms with E-state index in [1.807, 2.05) is 0 Å². The van der Waals surface area contributed by atoms with Gasteiger partial charge in [0.25, 0.3) is 0 Å². The predicted molar refractivity (Wildman–Crippen MR) is 0 cm³/mol. The van der Waals surface area contributed by atoms with Gasteiger partial charge in [-0.2, -0.15) is 0 Å². The van der Waals surface area contributed by atoms with E-state index in [1.165, 1.54) is 0 Å². The van der Waals surface area contributed by atoms with Crippen molar-refractivity contribution in [2.24, 2.45) is 0 Å². The normalized spacial score (nSPS) is 0. The Morgan fingerprint density at radius 1 is 0.0182 bits per heavy atom. The maximum atomic E-state index is 0. The van der Waals surface area contributed by atoms with Crippen molar-refractivity contribution in [1.29, 1.82) is 0 Å². The van der Waals surface area contributed by atoms with Crippen molar-refractivity contribution in [1.82, 2.24) is 0 Å². The Bertz CT molecular complexity index is 0. The van der Waals surface area contributed by atoms with Crippen LogP contribution >= 0.6 is 0 Å². The first kappa shape index (κ1) is 547. The predicted octanol–water partition coefficient (Wildman–Crippen LogP) is -0.138. The van der Waals surface area contributed by atoms with Gasteiger partial charge in [-0.25, -0.2) is 0 Å². The molecule has 0 bridgehead atoms. The third kappa shape index (κ3) is 518. The van der Waals surface area contributed by atoms with Crippen LogP contribution < -0.4 is 0 Å². The first-order valence-corrected chi connectivity index (χ1v) is 0. The van der Waals surface area contributed by atoms with Crippen LogP contribution in [0.25, 0.3) is 0 Å². The van der Waals surface area contributed by atoms with E-state index in [0.717, 1.165) is 0 Å². The van der Waals surface area contributed by atoms with Crippen LogP contribution in [0.5, 0.6) is 0 Å². The van der Waals surface area contributed by atoms with E-state index in [-0.39, 0.29) is 1160 Å². The van der Waals surface area contributed by atoms with Gasteiger partial charge in [0.15, 0.2) is 0 Å². The van der Waals surface area contributed by atoms with Crippen molar-refractivity contribution in [3.05, 3.63) is 0 Å². The van der Waals surface area contributed by atoms with Crippen molar-refractivity contribution in [2.45, 2.75) is 0 Å². The monoisotopic (exact) mass is 10100 g/mol. The molecule has 0 rings (SSSR count). The van der Waals surface area contributed by atoms with E-state index >= 15 is 0 Å². The summed E-state index contributed by atoms with van der Waals surface area (Å²) in [6.07, 6.45) is 0. The minimum Gasteiger partial charge on any atom is 0 e. The fraction of sp³-hybridized carbons (Fsp3) is 0. The SMILES string of the molecule is [W].[W].[W].[W].[W].[W].[W].[W].[W].[W].[W].[W].[W].[W].[W].[W].[W].[W].[W].[W].[W].[W].[W].[W].[W].[W].[W].[W].[W].[W].[W].[W].[W].[W].[W].[W].[W].[W].[W].[W].[W].[W].[W].[W].[W].[W].[W].[W].[W].[W].[W].[W].[W].[W].[W]. The minimum atomic E-state index is 0. The van der Waals surface area contributed by atoms with Gasteiger partial charge in [-0.3, -0.25) is 0 Å². The van der Waals surface area contributed by atoms with Crippen LogP contribution in [0.3, 0.4) is 0 Å². The van der Waals surface area contributed by atoms with Gasteiger partial charge in [0, 0.05) is 1160 Å². The molecule has 0 aromatic carbocycles. The molecule has 0 fully saturated rings. The molecule has 0 heterocycles. The second-order valence-electron chi connectivity index (χ2n) is 0. The van der Waals surface area contributed by atoms with Crippen LogP contribution in [-0.4, -0.2) is 0 Å². The van der Waals surface area contributed by atoms with Gasteiger partial charge in [-0.1, -0.05) is 0 Å². The molecule has 0 radical (unpaired) electrons. The summed E-state index contributed by atoms with van der Waals surface area (Å²) in [7, 11) is 0. The van der Waals surface area contributed by atoms with E-state index in [2.05, 4.69) is 0 Å². The molecule has 0 unspecified atom stereocenters. The Morgan fingerprint density at radius 3 is 0.0182 bits per heavy atom. The molecule has 0 N–H and O–H groups in total. The standard InChI is InChI=1S/55W. The molecule has 330 valence electrons. The van der Waals surface area contributed by atoms with Gasteiger partial charge in [0.2, 0.25) is 0 Å². The summed E-state index contributed by atoms with van der Waals surface area (Å²) < 4.78 is 0. The molecule has 0 aromatic heterocycles. The average Bonchev–Trinajstić information content (AvgIpc) is 0. The second kappa shape index (κ2) is 529. The van der Waals surface area contributed by atoms with E-state index in [4.69, 9.17) is 0 Å². The van der Waals surface area contributed by atoms with Crippen molar-refractivity contribution >= 4 is 0 Å². The van der Waals surface area contributed by atoms with Gasteiger partial charge >= 0.3 is 0 Å². The summed E-state index contributed by atoms with van der Waals surface area (Å²) in [5, 5.41) is 0. The number of hydrogen-bond donors (Lipinski definition) is 0. The van der Waals surface area contributed by atoms with Crippen molar-refractivity contribution in [3.63, 3.8) is 0 Å². The molecule has 0 atom stereocenters. The Hall–Kier alpha value is 37.9. The fourth-order valence-corrected chi connectivity index (χ4v) is 0. The molecule has 0 aliphatic rings. The molecule has 0 saturated heterocycles. The van der Waals surface area contributed by atoms with E-state index in [1.54, 1.807) is 0 Å². The quantitative estimate of drug-likeness (QED) is 0.318. The zero-order valence-electron chi connectivity index (χ0n) is 22.5. The van der Waals surface area contributed by atoms with Crippen LogP contribution in [0, 0.1) is 0 Å². The maximum Gasteiger partial charge on any atom is 0 e. The van der Waals surface area contributed by atoms with E-state index in [0.29, 0.717) is 0 Å². The molecule has 0 aliphatic heterocycles. The van der Waals surface area contributed by atoms with E-state index in [9.17, 15) is 0 Å². The summed E-state index contributed by atoms with van der Waals surface area (Å²) in [6, 6.07) is 0. The average molecular weight is 10100 g/mol. The summed E-state index contributed by atoms with van der Waals surface area (Å²) in [4.78, 5) is 0. The molecule has 55 heavy (non-hydrogen) atoms. The third-order valence-corrected chi connectivity index (χ3v) is 0. The zero-order valence-corrected chi connectivity index (χ0v) is 184. The van der Waals surface area contributed by atoms with Gasteiger partial charge in [-0.15, -0.1) is 0 Å². The van der Waals surface area contributed by atoms with E-state index < -0.39 is 0 Å². The summed E-state index contributed by atoms with van der Waals surface area (Å²) in [5.41, 5.74) is 0. The Balaban J connectivity index is 0. The summed E-state index contributed by atoms with van der Waals surface area (Å²) >= 11 is 0. The van der Waals surface area contributed by atoms with Gasteiger partial charge < -0.3 is 0 Å². The summed E-state index contributed by atoms with van der Waals surface area (Å²) in [5.74, 6) is 0. The van der Waals surface area contributed by atoms with Crippen molar-refractivity contribution in [3.8, 4) is 0 Å². The molecule has 0 aromatic rings. The van der Waals surface area contributed by atoms with Gasteiger partial charge in [0.1, 0.15) is 0 Å². The molecule has 0 spiro atoms. The molecule has 0 saturated carbocycles. The third-order valence-electron chi connectivity index (χ3n) is 0. The summed E-state index contributed by atoms with van der Waals surface area (Å²) in [6.45, 7) is 0. The van der Waals surface area contributed by atoms with Crippen LogP contribution in [0.4, 0.5) is 0 Å². The number of hydrogen-bond acceptors (Lipinski definition) is 0. The Kier molecular flexibility index (Phi) is 5260. The largest absolute Gasteiger partial charge is 0 e. The van der Waals surface area contributed by atoms with Crippen LogP contribution in [-0.2, 0) is 1160 Å². The Morgan fingerprint density at radius 2 is 0.0182 bits per heavy atom. The smallest absolute Gasteiger partial charge is 0 e. The molecule has 55 heteroatoms. The minimum absolute atomic E-state index is 0. The van der Waals surface area contributed by atoms with Crippen LogP contribution in [0.1, 0.15) is 0 Å². The zero-order chi connectivity index (χ0) is 0. The van der Waals surface area contributed by atoms with Crippen molar-refractivity contribution in [2.75, 3.05) is 0 Å². The fourth-order valence-electron chi connectivity index (χ4n) is 0. The Labute approximate surface area is 1120 Å². The molecular weight excluding hydrogens is 10100 g/mol. The first-order chi connectivity index (χ1) is 0. The molecule has 0 aliphatic carbocycles. The van der Waals surface area contributed by atoms with Gasteiger partial charge in [-0.05, 0) is 0 Å². The number of rotatable bonds is 0. The second-order valence-corrected chi connectivity index (χ2v) is 0. The molecule has 0 nitrogen and oxygen atoms in total. The van der Waals surface area contributed by atoms with Gasteiger partial charge in [0.05, 0.1) is 0 Å². The van der Waals surface area contributed by atoms with Crippen LogP contribution in [0.2, 0.25) is 0 Å².